The highest BCUT2D eigenvalue weighted by Gasteiger charge is 2.33. The number of alkyl halides is 3. The summed E-state index contributed by atoms with van der Waals surface area (Å²) in [5, 5.41) is 8.55. The van der Waals surface area contributed by atoms with E-state index in [9.17, 15) is 13.2 Å². The Balaban J connectivity index is 1.97. The maximum Gasteiger partial charge on any atom is 0.432 e. The third-order valence-corrected chi connectivity index (χ3v) is 2.43. The van der Waals surface area contributed by atoms with Gasteiger partial charge in [-0.3, -0.25) is 5.10 Å². The summed E-state index contributed by atoms with van der Waals surface area (Å²) in [6, 6.07) is 0.891. The van der Waals surface area contributed by atoms with Crippen LogP contribution in [-0.4, -0.2) is 29.4 Å². The molecule has 0 radical (unpaired) electrons. The van der Waals surface area contributed by atoms with E-state index >= 15 is 0 Å². The van der Waals surface area contributed by atoms with E-state index in [4.69, 9.17) is 4.74 Å². The second kappa shape index (κ2) is 4.32. The molecule has 1 aliphatic rings. The normalized spacial score (nSPS) is 18.7. The van der Waals surface area contributed by atoms with Crippen LogP contribution in [0, 0.1) is 0 Å². The first-order valence-electron chi connectivity index (χ1n) is 5.05. The van der Waals surface area contributed by atoms with Crippen molar-refractivity contribution in [1.29, 1.82) is 0 Å². The number of hydrogen-bond acceptors (Lipinski definition) is 3. The first kappa shape index (κ1) is 11.3. The van der Waals surface area contributed by atoms with E-state index < -0.39 is 11.9 Å². The second-order valence-electron chi connectivity index (χ2n) is 3.68. The molecule has 1 saturated heterocycles. The molecule has 0 aromatic carbocycles. The van der Waals surface area contributed by atoms with Crippen molar-refractivity contribution in [3.8, 4) is 5.88 Å². The molecule has 0 saturated carbocycles. The molecule has 2 heterocycles. The number of ether oxygens (including phenoxy) is 1. The zero-order valence-corrected chi connectivity index (χ0v) is 8.47. The van der Waals surface area contributed by atoms with Gasteiger partial charge in [0, 0.05) is 6.07 Å². The van der Waals surface area contributed by atoms with Crippen LogP contribution < -0.4 is 10.1 Å². The molecule has 2 rings (SSSR count). The summed E-state index contributed by atoms with van der Waals surface area (Å²) in [4.78, 5) is 0. The second-order valence-corrected chi connectivity index (χ2v) is 3.68. The topological polar surface area (TPSA) is 49.9 Å². The summed E-state index contributed by atoms with van der Waals surface area (Å²) in [5.41, 5.74) is -0.878. The number of piperidine rings is 1. The quantitative estimate of drug-likeness (QED) is 0.817. The number of rotatable bonds is 2. The number of nitrogens with zero attached hydrogens (tertiary/aromatic N) is 1. The van der Waals surface area contributed by atoms with Gasteiger partial charge >= 0.3 is 6.18 Å². The van der Waals surface area contributed by atoms with Crippen molar-refractivity contribution in [1.82, 2.24) is 15.5 Å². The molecule has 1 aromatic heterocycles. The van der Waals surface area contributed by atoms with Gasteiger partial charge in [-0.15, -0.1) is 5.10 Å². The highest BCUT2D eigenvalue weighted by Crippen LogP contribution is 2.29. The fourth-order valence-electron chi connectivity index (χ4n) is 1.59. The monoisotopic (exact) mass is 235 g/mol. The van der Waals surface area contributed by atoms with E-state index in [1.807, 2.05) is 5.10 Å². The molecular formula is C9H12F3N3O. The van der Waals surface area contributed by atoms with Crippen molar-refractivity contribution in [3.05, 3.63) is 11.8 Å². The van der Waals surface area contributed by atoms with E-state index in [1.165, 1.54) is 0 Å². The van der Waals surface area contributed by atoms with Gasteiger partial charge in [0.1, 0.15) is 11.8 Å². The van der Waals surface area contributed by atoms with Crippen LogP contribution in [0.5, 0.6) is 5.88 Å². The molecule has 4 nitrogen and oxygen atoms in total. The number of halogens is 3. The van der Waals surface area contributed by atoms with Crippen LogP contribution in [0.25, 0.3) is 0 Å². The van der Waals surface area contributed by atoms with Gasteiger partial charge < -0.3 is 10.1 Å². The van der Waals surface area contributed by atoms with Crippen molar-refractivity contribution >= 4 is 0 Å². The average molecular weight is 235 g/mol. The van der Waals surface area contributed by atoms with Crippen molar-refractivity contribution in [3.63, 3.8) is 0 Å². The lowest BCUT2D eigenvalue weighted by molar-refractivity contribution is -0.141. The maximum atomic E-state index is 12.2. The third kappa shape index (κ3) is 2.66. The summed E-state index contributed by atoms with van der Waals surface area (Å²) in [7, 11) is 0. The molecule has 2 N–H and O–H groups in total. The van der Waals surface area contributed by atoms with Crippen molar-refractivity contribution in [2.75, 3.05) is 13.1 Å². The summed E-state index contributed by atoms with van der Waals surface area (Å²) >= 11 is 0. The van der Waals surface area contributed by atoms with Crippen molar-refractivity contribution in [2.24, 2.45) is 0 Å². The van der Waals surface area contributed by atoms with Crippen LogP contribution in [0.15, 0.2) is 6.07 Å². The molecule has 90 valence electrons. The Morgan fingerprint density at radius 3 is 2.56 bits per heavy atom. The highest BCUT2D eigenvalue weighted by molar-refractivity contribution is 5.16. The third-order valence-electron chi connectivity index (χ3n) is 2.43. The number of nitrogens with one attached hydrogen (secondary N) is 2. The molecule has 16 heavy (non-hydrogen) atoms. The highest BCUT2D eigenvalue weighted by atomic mass is 19.4. The Labute approximate surface area is 90.2 Å². The fraction of sp³-hybridized carbons (Fsp3) is 0.667. The molecule has 1 aliphatic heterocycles. The van der Waals surface area contributed by atoms with Gasteiger partial charge in [-0.05, 0) is 25.9 Å². The predicted molar refractivity (Wildman–Crippen MR) is 50.1 cm³/mol. The van der Waals surface area contributed by atoms with E-state index in [1.54, 1.807) is 0 Å². The summed E-state index contributed by atoms with van der Waals surface area (Å²) < 4.78 is 42.1. The van der Waals surface area contributed by atoms with Gasteiger partial charge in [0.15, 0.2) is 0 Å². The Morgan fingerprint density at radius 2 is 2.00 bits per heavy atom. The lowest BCUT2D eigenvalue weighted by Crippen LogP contribution is -2.34. The molecule has 1 aromatic rings. The number of hydrogen-bond donors (Lipinski definition) is 2. The summed E-state index contributed by atoms with van der Waals surface area (Å²) in [6.45, 7) is 1.64. The van der Waals surface area contributed by atoms with Gasteiger partial charge in [0.05, 0.1) is 0 Å². The lowest BCUT2D eigenvalue weighted by atomic mass is 10.1. The fourth-order valence-corrected chi connectivity index (χ4v) is 1.59. The van der Waals surface area contributed by atoms with Crippen LogP contribution in [0.2, 0.25) is 0 Å². The van der Waals surface area contributed by atoms with E-state index in [2.05, 4.69) is 10.4 Å². The van der Waals surface area contributed by atoms with E-state index in [0.717, 1.165) is 32.0 Å². The Bertz CT molecular complexity index is 344. The van der Waals surface area contributed by atoms with Gasteiger partial charge in [-0.1, -0.05) is 0 Å². The van der Waals surface area contributed by atoms with Gasteiger partial charge in [0.2, 0.25) is 5.88 Å². The summed E-state index contributed by atoms with van der Waals surface area (Å²) in [5.74, 6) is 0.0132. The largest absolute Gasteiger partial charge is 0.473 e. The van der Waals surface area contributed by atoms with Gasteiger partial charge in [-0.25, -0.2) is 0 Å². The maximum absolute atomic E-state index is 12.2. The first-order valence-corrected chi connectivity index (χ1v) is 5.05. The van der Waals surface area contributed by atoms with Crippen LogP contribution in [0.1, 0.15) is 18.5 Å². The standard InChI is InChI=1S/C9H12F3N3O/c10-9(11,12)7-5-8(15-14-7)16-6-1-3-13-4-2-6/h5-6,13H,1-4H2,(H,14,15). The van der Waals surface area contributed by atoms with Crippen LogP contribution in [0.3, 0.4) is 0 Å². The molecule has 0 bridgehead atoms. The van der Waals surface area contributed by atoms with Gasteiger partial charge in [0.25, 0.3) is 0 Å². The summed E-state index contributed by atoms with van der Waals surface area (Å²) in [6.07, 6.45) is -2.88. The first-order chi connectivity index (χ1) is 7.55. The molecule has 0 unspecified atom stereocenters. The molecule has 0 spiro atoms. The molecule has 7 heteroatoms. The molecule has 0 amide bonds. The Kier molecular flexibility index (Phi) is 3.04. The van der Waals surface area contributed by atoms with Crippen LogP contribution in [-0.2, 0) is 6.18 Å². The van der Waals surface area contributed by atoms with E-state index in [0.29, 0.717) is 0 Å². The van der Waals surface area contributed by atoms with Gasteiger partial charge in [-0.2, -0.15) is 13.2 Å². The molecule has 0 aliphatic carbocycles. The minimum atomic E-state index is -4.40. The van der Waals surface area contributed by atoms with Crippen LogP contribution in [0.4, 0.5) is 13.2 Å². The number of H-pyrrole nitrogens is 1. The van der Waals surface area contributed by atoms with Crippen molar-refractivity contribution < 1.29 is 17.9 Å². The number of aromatic nitrogens is 2. The molecule has 1 fully saturated rings. The number of aromatic amines is 1. The minimum absolute atomic E-state index is 0.0132. The van der Waals surface area contributed by atoms with E-state index in [-0.39, 0.29) is 12.0 Å². The predicted octanol–water partition coefficient (Wildman–Crippen LogP) is 1.56. The zero-order valence-electron chi connectivity index (χ0n) is 8.47. The SMILES string of the molecule is FC(F)(F)c1cc(OC2CCNCC2)n[nH]1. The zero-order chi connectivity index (χ0) is 11.6. The minimum Gasteiger partial charge on any atom is -0.473 e. The van der Waals surface area contributed by atoms with Crippen molar-refractivity contribution in [2.45, 2.75) is 25.1 Å². The average Bonchev–Trinajstić information content (AvgIpc) is 2.67. The van der Waals surface area contributed by atoms with Crippen LogP contribution >= 0.6 is 0 Å². The molecule has 0 atom stereocenters. The smallest absolute Gasteiger partial charge is 0.432 e. The lowest BCUT2D eigenvalue weighted by Gasteiger charge is -2.22. The Hall–Kier alpha value is -1.24. The molecular weight excluding hydrogens is 223 g/mol. The Morgan fingerprint density at radius 1 is 1.31 bits per heavy atom.